The molecule has 1 nitrogen and oxygen atoms in total. The lowest BCUT2D eigenvalue weighted by molar-refractivity contribution is -0.108. The summed E-state index contributed by atoms with van der Waals surface area (Å²) in [4.78, 5) is 10.6. The van der Waals surface area contributed by atoms with Gasteiger partial charge in [-0.25, -0.2) is 0 Å². The molecule has 0 unspecified atom stereocenters. The van der Waals surface area contributed by atoms with Crippen LogP contribution in [0.1, 0.15) is 70.6 Å². The Morgan fingerprint density at radius 1 is 0.842 bits per heavy atom. The SMILES string of the molecule is C=CCC[C@H]1CC[C@H](C2CCC(CC=O)CC2)CC1. The summed E-state index contributed by atoms with van der Waals surface area (Å²) >= 11 is 0. The van der Waals surface area contributed by atoms with E-state index in [1.165, 1.54) is 64.2 Å². The van der Waals surface area contributed by atoms with Crippen LogP contribution in [-0.4, -0.2) is 6.29 Å². The largest absolute Gasteiger partial charge is 0.303 e. The minimum atomic E-state index is 0.706. The van der Waals surface area contributed by atoms with E-state index in [1.807, 2.05) is 0 Å². The fourth-order valence-corrected chi connectivity index (χ4v) is 4.33. The first kappa shape index (κ1) is 14.8. The van der Waals surface area contributed by atoms with Gasteiger partial charge in [-0.15, -0.1) is 6.58 Å². The van der Waals surface area contributed by atoms with E-state index in [0.29, 0.717) is 5.92 Å². The molecule has 0 saturated heterocycles. The number of aldehydes is 1. The topological polar surface area (TPSA) is 17.1 Å². The third-order valence-corrected chi connectivity index (χ3v) is 5.66. The number of allylic oxidation sites excluding steroid dienone is 1. The van der Waals surface area contributed by atoms with Gasteiger partial charge in [0.1, 0.15) is 6.29 Å². The molecule has 2 saturated carbocycles. The molecule has 19 heavy (non-hydrogen) atoms. The van der Waals surface area contributed by atoms with Gasteiger partial charge in [0.05, 0.1) is 0 Å². The molecule has 0 amide bonds. The van der Waals surface area contributed by atoms with Crippen LogP contribution < -0.4 is 0 Å². The third-order valence-electron chi connectivity index (χ3n) is 5.66. The third kappa shape index (κ3) is 4.47. The zero-order valence-electron chi connectivity index (χ0n) is 12.4. The first-order chi connectivity index (χ1) is 9.33. The molecule has 1 heteroatoms. The van der Waals surface area contributed by atoms with Crippen LogP contribution >= 0.6 is 0 Å². The molecule has 0 aromatic heterocycles. The zero-order chi connectivity index (χ0) is 13.5. The minimum absolute atomic E-state index is 0.706. The van der Waals surface area contributed by atoms with E-state index >= 15 is 0 Å². The van der Waals surface area contributed by atoms with Crippen LogP contribution in [0.2, 0.25) is 0 Å². The lowest BCUT2D eigenvalue weighted by Gasteiger charge is -2.37. The monoisotopic (exact) mass is 262 g/mol. The second kappa shape index (κ2) is 7.87. The average molecular weight is 262 g/mol. The Kier molecular flexibility index (Phi) is 6.13. The Bertz CT molecular complexity index is 267. The Morgan fingerprint density at radius 3 is 1.84 bits per heavy atom. The molecule has 0 N–H and O–H groups in total. The van der Waals surface area contributed by atoms with Gasteiger partial charge < -0.3 is 4.79 Å². The van der Waals surface area contributed by atoms with Crippen LogP contribution in [0, 0.1) is 23.7 Å². The predicted molar refractivity (Wildman–Crippen MR) is 81.0 cm³/mol. The zero-order valence-corrected chi connectivity index (χ0v) is 12.4. The summed E-state index contributed by atoms with van der Waals surface area (Å²) in [6.07, 6.45) is 17.8. The molecule has 2 fully saturated rings. The molecular weight excluding hydrogens is 232 g/mol. The van der Waals surface area contributed by atoms with Gasteiger partial charge >= 0.3 is 0 Å². The van der Waals surface area contributed by atoms with E-state index in [-0.39, 0.29) is 0 Å². The normalized spacial score (nSPS) is 35.8. The molecule has 0 atom stereocenters. The van der Waals surface area contributed by atoms with Crippen molar-refractivity contribution in [3.63, 3.8) is 0 Å². The van der Waals surface area contributed by atoms with Gasteiger partial charge in [0.2, 0.25) is 0 Å². The molecule has 0 aromatic carbocycles. The molecule has 108 valence electrons. The van der Waals surface area contributed by atoms with Crippen molar-refractivity contribution in [3.05, 3.63) is 12.7 Å². The molecule has 0 heterocycles. The van der Waals surface area contributed by atoms with Crippen LogP contribution in [0.15, 0.2) is 12.7 Å². The summed E-state index contributed by atoms with van der Waals surface area (Å²) in [5.41, 5.74) is 0. The number of rotatable bonds is 6. The quantitative estimate of drug-likeness (QED) is 0.477. The summed E-state index contributed by atoms with van der Waals surface area (Å²) in [5, 5.41) is 0. The molecule has 0 aliphatic heterocycles. The number of hydrogen-bond acceptors (Lipinski definition) is 1. The van der Waals surface area contributed by atoms with Crippen molar-refractivity contribution < 1.29 is 4.79 Å². The van der Waals surface area contributed by atoms with Crippen molar-refractivity contribution in [2.24, 2.45) is 23.7 Å². The molecule has 2 rings (SSSR count). The highest BCUT2D eigenvalue weighted by Gasteiger charge is 2.30. The van der Waals surface area contributed by atoms with Gasteiger partial charge in [-0.05, 0) is 75.0 Å². The summed E-state index contributed by atoms with van der Waals surface area (Å²) in [6, 6.07) is 0. The van der Waals surface area contributed by atoms with E-state index in [0.717, 1.165) is 30.5 Å². The molecule has 2 aliphatic carbocycles. The Balaban J connectivity index is 1.67. The Labute approximate surface area is 118 Å². The maximum atomic E-state index is 10.6. The van der Waals surface area contributed by atoms with Crippen molar-refractivity contribution in [3.8, 4) is 0 Å². The van der Waals surface area contributed by atoms with Crippen LogP contribution in [0.5, 0.6) is 0 Å². The maximum absolute atomic E-state index is 10.6. The fraction of sp³-hybridized carbons (Fsp3) is 0.833. The number of hydrogen-bond donors (Lipinski definition) is 0. The van der Waals surface area contributed by atoms with Crippen LogP contribution in [0.4, 0.5) is 0 Å². The Morgan fingerprint density at radius 2 is 1.37 bits per heavy atom. The highest BCUT2D eigenvalue weighted by atomic mass is 16.1. The summed E-state index contributed by atoms with van der Waals surface area (Å²) in [6.45, 7) is 3.83. The predicted octanol–water partition coefficient (Wildman–Crippen LogP) is 5.15. The molecule has 2 aliphatic rings. The summed E-state index contributed by atoms with van der Waals surface area (Å²) < 4.78 is 0. The van der Waals surface area contributed by atoms with Crippen LogP contribution in [-0.2, 0) is 4.79 Å². The van der Waals surface area contributed by atoms with E-state index in [2.05, 4.69) is 12.7 Å². The smallest absolute Gasteiger partial charge is 0.120 e. The van der Waals surface area contributed by atoms with E-state index in [4.69, 9.17) is 0 Å². The van der Waals surface area contributed by atoms with Gasteiger partial charge in [0.25, 0.3) is 0 Å². The second-order valence-electron chi connectivity index (χ2n) is 6.83. The molecule has 0 bridgehead atoms. The van der Waals surface area contributed by atoms with Gasteiger partial charge in [-0.1, -0.05) is 18.9 Å². The van der Waals surface area contributed by atoms with Gasteiger partial charge in [-0.2, -0.15) is 0 Å². The fourth-order valence-electron chi connectivity index (χ4n) is 4.33. The minimum Gasteiger partial charge on any atom is -0.303 e. The van der Waals surface area contributed by atoms with Crippen molar-refractivity contribution in [2.75, 3.05) is 0 Å². The maximum Gasteiger partial charge on any atom is 0.120 e. The number of carbonyl (C=O) groups is 1. The van der Waals surface area contributed by atoms with E-state index in [1.54, 1.807) is 0 Å². The molecule has 0 aromatic rings. The van der Waals surface area contributed by atoms with Crippen molar-refractivity contribution in [1.29, 1.82) is 0 Å². The van der Waals surface area contributed by atoms with E-state index in [9.17, 15) is 4.79 Å². The van der Waals surface area contributed by atoms with Crippen molar-refractivity contribution in [2.45, 2.75) is 70.6 Å². The van der Waals surface area contributed by atoms with Crippen molar-refractivity contribution in [1.82, 2.24) is 0 Å². The summed E-state index contributed by atoms with van der Waals surface area (Å²) in [5.74, 6) is 3.65. The second-order valence-corrected chi connectivity index (χ2v) is 6.83. The van der Waals surface area contributed by atoms with Gasteiger partial charge in [-0.3, -0.25) is 0 Å². The average Bonchev–Trinajstić information content (AvgIpc) is 2.47. The molecule has 0 radical (unpaired) electrons. The standard InChI is InChI=1S/C18H30O/c1-2-3-4-15-5-9-17(10-6-15)18-11-7-16(8-12-18)13-14-19/h2,14-18H,1,3-13H2/t15-,16?,17-,18?. The highest BCUT2D eigenvalue weighted by molar-refractivity contribution is 5.49. The molecular formula is C18H30O. The van der Waals surface area contributed by atoms with Crippen LogP contribution in [0.3, 0.4) is 0 Å². The highest BCUT2D eigenvalue weighted by Crippen LogP contribution is 2.42. The van der Waals surface area contributed by atoms with E-state index < -0.39 is 0 Å². The lowest BCUT2D eigenvalue weighted by atomic mass is 9.68. The van der Waals surface area contributed by atoms with Gasteiger partial charge in [0, 0.05) is 6.42 Å². The van der Waals surface area contributed by atoms with Crippen LogP contribution in [0.25, 0.3) is 0 Å². The first-order valence-corrected chi connectivity index (χ1v) is 8.38. The summed E-state index contributed by atoms with van der Waals surface area (Å²) in [7, 11) is 0. The van der Waals surface area contributed by atoms with Crippen molar-refractivity contribution >= 4 is 6.29 Å². The number of carbonyl (C=O) groups excluding carboxylic acids is 1. The first-order valence-electron chi connectivity index (χ1n) is 8.38. The van der Waals surface area contributed by atoms with Gasteiger partial charge in [0.15, 0.2) is 0 Å². The lowest BCUT2D eigenvalue weighted by Crippen LogP contribution is -2.26. The molecule has 0 spiro atoms. The Hall–Kier alpha value is -0.590.